The van der Waals surface area contributed by atoms with Crippen LogP contribution < -0.4 is 15.4 Å². The third-order valence-corrected chi connectivity index (χ3v) is 3.95. The molecule has 2 N–H and O–H groups in total. The fraction of sp³-hybridized carbons (Fsp3) is 0.238. The zero-order valence-electron chi connectivity index (χ0n) is 16.2. The summed E-state index contributed by atoms with van der Waals surface area (Å²) in [5, 5.41) is 5.70. The highest BCUT2D eigenvalue weighted by molar-refractivity contribution is 5.64. The quantitative estimate of drug-likeness (QED) is 0.523. The van der Waals surface area contributed by atoms with E-state index in [2.05, 4.69) is 20.6 Å². The SMILES string of the molecule is Cc1ccccc1Nc1ncc(C(F)(F)F)c(Nc2cccc(OC(C)C)c2)n1. The maximum absolute atomic E-state index is 13.5. The number of hydrogen-bond donors (Lipinski definition) is 2. The number of para-hydroxylation sites is 1. The van der Waals surface area contributed by atoms with Crippen molar-refractivity contribution in [2.24, 2.45) is 0 Å². The Balaban J connectivity index is 1.94. The molecule has 0 saturated heterocycles. The first kappa shape index (κ1) is 20.4. The van der Waals surface area contributed by atoms with Gasteiger partial charge in [-0.25, -0.2) is 4.98 Å². The molecule has 0 aliphatic rings. The number of aryl methyl sites for hydroxylation is 1. The molecule has 2 aromatic carbocycles. The van der Waals surface area contributed by atoms with Crippen LogP contribution in [0.4, 0.5) is 36.3 Å². The van der Waals surface area contributed by atoms with Crippen molar-refractivity contribution in [1.82, 2.24) is 9.97 Å². The average molecular weight is 402 g/mol. The summed E-state index contributed by atoms with van der Waals surface area (Å²) >= 11 is 0. The summed E-state index contributed by atoms with van der Waals surface area (Å²) in [6.07, 6.45) is -3.89. The number of ether oxygens (including phenoxy) is 1. The number of benzene rings is 2. The van der Waals surface area contributed by atoms with E-state index in [0.29, 0.717) is 17.1 Å². The van der Waals surface area contributed by atoms with E-state index in [-0.39, 0.29) is 17.9 Å². The maximum atomic E-state index is 13.5. The molecule has 0 radical (unpaired) electrons. The highest BCUT2D eigenvalue weighted by Gasteiger charge is 2.35. The lowest BCUT2D eigenvalue weighted by atomic mass is 10.2. The van der Waals surface area contributed by atoms with Crippen molar-refractivity contribution in [2.45, 2.75) is 33.1 Å². The Labute approximate surface area is 167 Å². The number of alkyl halides is 3. The van der Waals surface area contributed by atoms with E-state index in [1.807, 2.05) is 39.0 Å². The molecule has 0 amide bonds. The molecular weight excluding hydrogens is 381 g/mol. The van der Waals surface area contributed by atoms with Gasteiger partial charge < -0.3 is 15.4 Å². The molecule has 0 spiro atoms. The Hall–Kier alpha value is -3.29. The van der Waals surface area contributed by atoms with E-state index in [9.17, 15) is 13.2 Å². The second-order valence-corrected chi connectivity index (χ2v) is 6.71. The van der Waals surface area contributed by atoms with E-state index in [0.717, 1.165) is 11.8 Å². The van der Waals surface area contributed by atoms with Gasteiger partial charge in [0.1, 0.15) is 17.1 Å². The molecule has 3 aromatic rings. The third kappa shape index (κ3) is 5.37. The summed E-state index contributed by atoms with van der Waals surface area (Å²) in [6, 6.07) is 14.1. The fourth-order valence-electron chi connectivity index (χ4n) is 2.63. The molecular formula is C21H21F3N4O. The topological polar surface area (TPSA) is 59.1 Å². The number of aromatic nitrogens is 2. The normalized spacial score (nSPS) is 11.4. The van der Waals surface area contributed by atoms with Gasteiger partial charge in [0.15, 0.2) is 0 Å². The zero-order chi connectivity index (χ0) is 21.0. The van der Waals surface area contributed by atoms with Gasteiger partial charge in [0.25, 0.3) is 0 Å². The Morgan fingerprint density at radius 3 is 2.45 bits per heavy atom. The first-order valence-electron chi connectivity index (χ1n) is 9.03. The van der Waals surface area contributed by atoms with Gasteiger partial charge >= 0.3 is 6.18 Å². The predicted octanol–water partition coefficient (Wildman–Crippen LogP) is 6.08. The van der Waals surface area contributed by atoms with E-state index < -0.39 is 11.7 Å². The molecule has 1 aromatic heterocycles. The molecule has 0 fully saturated rings. The minimum absolute atomic E-state index is 0.0556. The summed E-state index contributed by atoms with van der Waals surface area (Å²) in [4.78, 5) is 7.90. The van der Waals surface area contributed by atoms with Crippen LogP contribution in [-0.4, -0.2) is 16.1 Å². The minimum Gasteiger partial charge on any atom is -0.491 e. The van der Waals surface area contributed by atoms with Crippen LogP contribution in [0.3, 0.4) is 0 Å². The predicted molar refractivity (Wildman–Crippen MR) is 107 cm³/mol. The van der Waals surface area contributed by atoms with Crippen molar-refractivity contribution in [3.63, 3.8) is 0 Å². The van der Waals surface area contributed by atoms with Crippen LogP contribution in [0.5, 0.6) is 5.75 Å². The van der Waals surface area contributed by atoms with Gasteiger partial charge in [-0.1, -0.05) is 24.3 Å². The lowest BCUT2D eigenvalue weighted by molar-refractivity contribution is -0.137. The standard InChI is InChI=1S/C21H21F3N4O/c1-13(2)29-16-9-6-8-15(11-16)26-19-17(21(22,23)24)12-25-20(28-19)27-18-10-5-4-7-14(18)3/h4-13H,1-3H3,(H2,25,26,27,28). The molecule has 0 saturated carbocycles. The smallest absolute Gasteiger partial charge is 0.421 e. The Morgan fingerprint density at radius 1 is 1.00 bits per heavy atom. The fourth-order valence-corrected chi connectivity index (χ4v) is 2.63. The largest absolute Gasteiger partial charge is 0.491 e. The monoisotopic (exact) mass is 402 g/mol. The summed E-state index contributed by atoms with van der Waals surface area (Å²) in [6.45, 7) is 5.62. The molecule has 8 heteroatoms. The van der Waals surface area contributed by atoms with Gasteiger partial charge in [-0.3, -0.25) is 0 Å². The van der Waals surface area contributed by atoms with Crippen LogP contribution >= 0.6 is 0 Å². The van der Waals surface area contributed by atoms with Gasteiger partial charge in [0.2, 0.25) is 5.95 Å². The lowest BCUT2D eigenvalue weighted by Crippen LogP contribution is -2.13. The highest BCUT2D eigenvalue weighted by atomic mass is 19.4. The molecule has 0 unspecified atom stereocenters. The van der Waals surface area contributed by atoms with Crippen molar-refractivity contribution in [2.75, 3.05) is 10.6 Å². The van der Waals surface area contributed by atoms with Crippen molar-refractivity contribution in [3.05, 3.63) is 65.9 Å². The first-order valence-corrected chi connectivity index (χ1v) is 9.03. The molecule has 29 heavy (non-hydrogen) atoms. The van der Waals surface area contributed by atoms with E-state index >= 15 is 0 Å². The summed E-state index contributed by atoms with van der Waals surface area (Å²) in [5.74, 6) is 0.264. The van der Waals surface area contributed by atoms with E-state index in [1.165, 1.54) is 0 Å². The molecule has 3 rings (SSSR count). The molecule has 152 valence electrons. The van der Waals surface area contributed by atoms with Crippen LogP contribution in [0.15, 0.2) is 54.7 Å². The Kier molecular flexibility index (Phi) is 5.91. The van der Waals surface area contributed by atoms with Gasteiger partial charge in [-0.2, -0.15) is 18.2 Å². The Morgan fingerprint density at radius 2 is 1.76 bits per heavy atom. The molecule has 5 nitrogen and oxygen atoms in total. The van der Waals surface area contributed by atoms with E-state index in [4.69, 9.17) is 4.74 Å². The van der Waals surface area contributed by atoms with Crippen LogP contribution in [0.2, 0.25) is 0 Å². The highest BCUT2D eigenvalue weighted by Crippen LogP contribution is 2.36. The zero-order valence-corrected chi connectivity index (χ0v) is 16.2. The second-order valence-electron chi connectivity index (χ2n) is 6.71. The summed E-state index contributed by atoms with van der Waals surface area (Å²) in [7, 11) is 0. The van der Waals surface area contributed by atoms with Crippen molar-refractivity contribution in [1.29, 1.82) is 0 Å². The van der Waals surface area contributed by atoms with Crippen molar-refractivity contribution >= 4 is 23.1 Å². The van der Waals surface area contributed by atoms with Crippen LogP contribution in [0.1, 0.15) is 25.0 Å². The number of anilines is 4. The number of rotatable bonds is 6. The lowest BCUT2D eigenvalue weighted by Gasteiger charge is -2.16. The molecule has 0 aliphatic heterocycles. The second kappa shape index (κ2) is 8.38. The van der Waals surface area contributed by atoms with Crippen molar-refractivity contribution in [3.8, 4) is 5.75 Å². The van der Waals surface area contributed by atoms with Crippen LogP contribution in [-0.2, 0) is 6.18 Å². The van der Waals surface area contributed by atoms with E-state index in [1.54, 1.807) is 30.3 Å². The third-order valence-electron chi connectivity index (χ3n) is 3.95. The Bertz CT molecular complexity index is 990. The van der Waals surface area contributed by atoms with Gasteiger partial charge in [0.05, 0.1) is 6.10 Å². The number of nitrogens with one attached hydrogen (secondary N) is 2. The van der Waals surface area contributed by atoms with Gasteiger partial charge in [-0.05, 0) is 44.5 Å². The number of nitrogens with zero attached hydrogens (tertiary/aromatic N) is 2. The van der Waals surface area contributed by atoms with Crippen molar-refractivity contribution < 1.29 is 17.9 Å². The van der Waals surface area contributed by atoms with Crippen LogP contribution in [0, 0.1) is 6.92 Å². The van der Waals surface area contributed by atoms with Gasteiger partial charge in [-0.15, -0.1) is 0 Å². The molecule has 0 bridgehead atoms. The molecule has 0 aliphatic carbocycles. The van der Waals surface area contributed by atoms with Gasteiger partial charge in [0, 0.05) is 23.6 Å². The van der Waals surface area contributed by atoms with Crippen LogP contribution in [0.25, 0.3) is 0 Å². The average Bonchev–Trinajstić information content (AvgIpc) is 2.62. The minimum atomic E-state index is -4.60. The summed E-state index contributed by atoms with van der Waals surface area (Å²) < 4.78 is 46.0. The maximum Gasteiger partial charge on any atom is 0.421 e. The first-order chi connectivity index (χ1) is 13.7. The number of halogens is 3. The molecule has 1 heterocycles. The summed E-state index contributed by atoms with van der Waals surface area (Å²) in [5.41, 5.74) is 1.10. The molecule has 0 atom stereocenters. The number of hydrogen-bond acceptors (Lipinski definition) is 5.